The Morgan fingerprint density at radius 3 is 2.58 bits per heavy atom. The van der Waals surface area contributed by atoms with Gasteiger partial charge in [0.05, 0.1) is 10.9 Å². The van der Waals surface area contributed by atoms with Crippen LogP contribution in [0.4, 0.5) is 5.69 Å². The Morgan fingerprint density at radius 1 is 1.12 bits per heavy atom. The number of aromatic nitrogens is 2. The molecule has 24 heavy (non-hydrogen) atoms. The SMILES string of the molecule is Cc1ccc(NC(=O)CCc2nc3ccccc3c(=O)n2C)cc1. The third-order valence-electron chi connectivity index (χ3n) is 3.99. The largest absolute Gasteiger partial charge is 0.326 e. The zero-order valence-corrected chi connectivity index (χ0v) is 13.7. The van der Waals surface area contributed by atoms with E-state index in [9.17, 15) is 9.59 Å². The number of fused-ring (bicyclic) bond motifs is 1. The van der Waals surface area contributed by atoms with Gasteiger partial charge in [-0.1, -0.05) is 29.8 Å². The number of amides is 1. The summed E-state index contributed by atoms with van der Waals surface area (Å²) >= 11 is 0. The molecule has 5 heteroatoms. The van der Waals surface area contributed by atoms with Crippen LogP contribution >= 0.6 is 0 Å². The quantitative estimate of drug-likeness (QED) is 0.803. The van der Waals surface area contributed by atoms with Crippen molar-refractivity contribution in [3.8, 4) is 0 Å². The van der Waals surface area contributed by atoms with Crippen LogP contribution in [0.2, 0.25) is 0 Å². The molecule has 1 heterocycles. The molecule has 0 spiro atoms. The Labute approximate surface area is 140 Å². The zero-order chi connectivity index (χ0) is 17.1. The molecule has 0 aliphatic rings. The fourth-order valence-electron chi connectivity index (χ4n) is 2.57. The van der Waals surface area contributed by atoms with Crippen LogP contribution < -0.4 is 10.9 Å². The van der Waals surface area contributed by atoms with E-state index in [0.29, 0.717) is 23.1 Å². The van der Waals surface area contributed by atoms with Gasteiger partial charge in [-0.25, -0.2) is 4.98 Å². The van der Waals surface area contributed by atoms with Gasteiger partial charge in [0.25, 0.3) is 5.56 Å². The van der Waals surface area contributed by atoms with Crippen molar-refractivity contribution in [1.82, 2.24) is 9.55 Å². The monoisotopic (exact) mass is 321 g/mol. The van der Waals surface area contributed by atoms with Crippen LogP contribution in [0.15, 0.2) is 53.3 Å². The van der Waals surface area contributed by atoms with E-state index in [1.165, 1.54) is 4.57 Å². The molecule has 0 unspecified atom stereocenters. The summed E-state index contributed by atoms with van der Waals surface area (Å²) in [5.41, 5.74) is 2.48. The first kappa shape index (κ1) is 15.9. The first-order valence-corrected chi connectivity index (χ1v) is 7.86. The summed E-state index contributed by atoms with van der Waals surface area (Å²) in [6, 6.07) is 14.9. The molecular formula is C19H19N3O2. The normalized spacial score (nSPS) is 10.8. The van der Waals surface area contributed by atoms with Crippen molar-refractivity contribution in [3.05, 3.63) is 70.3 Å². The Hall–Kier alpha value is -2.95. The highest BCUT2D eigenvalue weighted by molar-refractivity contribution is 5.90. The molecule has 0 bridgehead atoms. The van der Waals surface area contributed by atoms with Crippen LogP contribution in [0.3, 0.4) is 0 Å². The number of aryl methyl sites for hydroxylation is 2. The van der Waals surface area contributed by atoms with Crippen LogP contribution in [-0.4, -0.2) is 15.5 Å². The highest BCUT2D eigenvalue weighted by Crippen LogP contribution is 2.11. The van der Waals surface area contributed by atoms with Crippen LogP contribution in [0.1, 0.15) is 17.8 Å². The number of carbonyl (C=O) groups excluding carboxylic acids is 1. The molecule has 0 atom stereocenters. The van der Waals surface area contributed by atoms with Gasteiger partial charge in [0.2, 0.25) is 5.91 Å². The van der Waals surface area contributed by atoms with E-state index in [1.54, 1.807) is 13.1 Å². The summed E-state index contributed by atoms with van der Waals surface area (Å²) in [5, 5.41) is 3.45. The summed E-state index contributed by atoms with van der Waals surface area (Å²) in [6.45, 7) is 2.00. The predicted molar refractivity (Wildman–Crippen MR) is 95.1 cm³/mol. The summed E-state index contributed by atoms with van der Waals surface area (Å²) < 4.78 is 1.52. The maximum absolute atomic E-state index is 12.3. The number of carbonyl (C=O) groups is 1. The van der Waals surface area contributed by atoms with Gasteiger partial charge in [0.1, 0.15) is 5.82 Å². The van der Waals surface area contributed by atoms with Crippen molar-refractivity contribution >= 4 is 22.5 Å². The minimum Gasteiger partial charge on any atom is -0.326 e. The van der Waals surface area contributed by atoms with E-state index in [4.69, 9.17) is 0 Å². The van der Waals surface area contributed by atoms with Gasteiger partial charge in [-0.2, -0.15) is 0 Å². The van der Waals surface area contributed by atoms with Crippen molar-refractivity contribution in [2.45, 2.75) is 19.8 Å². The van der Waals surface area contributed by atoms with Crippen LogP contribution in [-0.2, 0) is 18.3 Å². The highest BCUT2D eigenvalue weighted by atomic mass is 16.1. The Bertz CT molecular complexity index is 943. The van der Waals surface area contributed by atoms with E-state index in [0.717, 1.165) is 11.3 Å². The first-order chi connectivity index (χ1) is 11.5. The van der Waals surface area contributed by atoms with E-state index >= 15 is 0 Å². The van der Waals surface area contributed by atoms with Gasteiger partial charge in [0.15, 0.2) is 0 Å². The first-order valence-electron chi connectivity index (χ1n) is 7.86. The molecule has 5 nitrogen and oxygen atoms in total. The molecule has 3 rings (SSSR count). The number of benzene rings is 2. The van der Waals surface area contributed by atoms with Crippen LogP contribution in [0.25, 0.3) is 10.9 Å². The molecule has 0 saturated carbocycles. The summed E-state index contributed by atoms with van der Waals surface area (Å²) in [7, 11) is 1.69. The van der Waals surface area contributed by atoms with Crippen molar-refractivity contribution in [2.75, 3.05) is 5.32 Å². The number of nitrogens with zero attached hydrogens (tertiary/aromatic N) is 2. The predicted octanol–water partition coefficient (Wildman–Crippen LogP) is 2.81. The minimum absolute atomic E-state index is 0.0884. The van der Waals surface area contributed by atoms with Gasteiger partial charge >= 0.3 is 0 Å². The molecule has 0 aliphatic heterocycles. The number of nitrogens with one attached hydrogen (secondary N) is 1. The molecule has 0 aliphatic carbocycles. The maximum Gasteiger partial charge on any atom is 0.261 e. The average Bonchev–Trinajstić information content (AvgIpc) is 2.59. The molecule has 0 fully saturated rings. The fraction of sp³-hybridized carbons (Fsp3) is 0.211. The van der Waals surface area contributed by atoms with Gasteiger partial charge < -0.3 is 5.32 Å². The molecule has 1 amide bonds. The molecule has 0 saturated heterocycles. The molecule has 122 valence electrons. The Balaban J connectivity index is 1.73. The number of hydrogen-bond donors (Lipinski definition) is 1. The lowest BCUT2D eigenvalue weighted by atomic mass is 10.2. The van der Waals surface area contributed by atoms with E-state index < -0.39 is 0 Å². The summed E-state index contributed by atoms with van der Waals surface area (Å²) in [4.78, 5) is 29.0. The highest BCUT2D eigenvalue weighted by Gasteiger charge is 2.10. The van der Waals surface area contributed by atoms with Gasteiger partial charge in [-0.05, 0) is 31.2 Å². The smallest absolute Gasteiger partial charge is 0.261 e. The van der Waals surface area contributed by atoms with Crippen molar-refractivity contribution in [2.24, 2.45) is 7.05 Å². The standard InChI is InChI=1S/C19H19N3O2/c1-13-7-9-14(10-8-13)20-18(23)12-11-17-21-16-6-4-3-5-15(16)19(24)22(17)2/h3-10H,11-12H2,1-2H3,(H,20,23). The second-order valence-electron chi connectivity index (χ2n) is 5.82. The third-order valence-corrected chi connectivity index (χ3v) is 3.99. The van der Waals surface area contributed by atoms with Gasteiger partial charge in [-0.3, -0.25) is 14.2 Å². The number of para-hydroxylation sites is 1. The number of rotatable bonds is 4. The maximum atomic E-state index is 12.3. The van der Waals surface area contributed by atoms with E-state index in [2.05, 4.69) is 10.3 Å². The topological polar surface area (TPSA) is 64.0 Å². The summed E-state index contributed by atoms with van der Waals surface area (Å²) in [6.07, 6.45) is 0.681. The van der Waals surface area contributed by atoms with Crippen LogP contribution in [0, 0.1) is 6.92 Å². The zero-order valence-electron chi connectivity index (χ0n) is 13.7. The van der Waals surface area contributed by atoms with Crippen molar-refractivity contribution < 1.29 is 4.79 Å². The third kappa shape index (κ3) is 3.35. The molecule has 0 radical (unpaired) electrons. The van der Waals surface area contributed by atoms with Crippen LogP contribution in [0.5, 0.6) is 0 Å². The fourth-order valence-corrected chi connectivity index (χ4v) is 2.57. The Morgan fingerprint density at radius 2 is 1.83 bits per heavy atom. The Kier molecular flexibility index (Phi) is 4.42. The second kappa shape index (κ2) is 6.66. The number of anilines is 1. The van der Waals surface area contributed by atoms with E-state index in [1.807, 2.05) is 49.4 Å². The van der Waals surface area contributed by atoms with Crippen molar-refractivity contribution in [1.29, 1.82) is 0 Å². The van der Waals surface area contributed by atoms with Gasteiger partial charge in [-0.15, -0.1) is 0 Å². The molecule has 1 N–H and O–H groups in total. The lowest BCUT2D eigenvalue weighted by molar-refractivity contribution is -0.116. The lowest BCUT2D eigenvalue weighted by Crippen LogP contribution is -2.23. The van der Waals surface area contributed by atoms with Crippen molar-refractivity contribution in [3.63, 3.8) is 0 Å². The lowest BCUT2D eigenvalue weighted by Gasteiger charge is -2.09. The average molecular weight is 321 g/mol. The van der Waals surface area contributed by atoms with Gasteiger partial charge in [0, 0.05) is 25.6 Å². The molecule has 1 aromatic heterocycles. The molecular weight excluding hydrogens is 302 g/mol. The summed E-state index contributed by atoms with van der Waals surface area (Å²) in [5.74, 6) is 0.513. The van der Waals surface area contributed by atoms with E-state index in [-0.39, 0.29) is 17.9 Å². The minimum atomic E-state index is -0.0961. The number of hydrogen-bond acceptors (Lipinski definition) is 3. The molecule has 2 aromatic carbocycles. The second-order valence-corrected chi connectivity index (χ2v) is 5.82. The molecule has 3 aromatic rings.